The van der Waals surface area contributed by atoms with Gasteiger partial charge < -0.3 is 5.73 Å². The molecule has 7 heteroatoms. The van der Waals surface area contributed by atoms with Crippen molar-refractivity contribution in [1.82, 2.24) is 9.78 Å². The van der Waals surface area contributed by atoms with Gasteiger partial charge in [0.2, 0.25) is 0 Å². The summed E-state index contributed by atoms with van der Waals surface area (Å²) in [7, 11) is -2.90. The maximum absolute atomic E-state index is 11.3. The van der Waals surface area contributed by atoms with E-state index in [-0.39, 0.29) is 17.5 Å². The third kappa shape index (κ3) is 1.90. The van der Waals surface area contributed by atoms with Gasteiger partial charge in [-0.2, -0.15) is 5.10 Å². The number of aryl methyl sites for hydroxylation is 1. The lowest BCUT2D eigenvalue weighted by molar-refractivity contribution is 0.504. The summed E-state index contributed by atoms with van der Waals surface area (Å²) < 4.78 is 25.0. The van der Waals surface area contributed by atoms with Crippen LogP contribution in [0, 0.1) is 6.92 Å². The molecule has 0 aliphatic carbocycles. The summed E-state index contributed by atoms with van der Waals surface area (Å²) in [5, 5.41) is 4.24. The Labute approximate surface area is 96.7 Å². The van der Waals surface area contributed by atoms with Crippen molar-refractivity contribution >= 4 is 31.6 Å². The topological polar surface area (TPSA) is 78.0 Å². The number of rotatable bonds is 1. The zero-order chi connectivity index (χ0) is 11.2. The van der Waals surface area contributed by atoms with Gasteiger partial charge in [0.25, 0.3) is 0 Å². The first-order valence-electron chi connectivity index (χ1n) is 4.61. The third-order valence-electron chi connectivity index (χ3n) is 2.60. The summed E-state index contributed by atoms with van der Waals surface area (Å²) in [5.74, 6) is 0.882. The van der Waals surface area contributed by atoms with E-state index in [0.29, 0.717) is 12.2 Å². The zero-order valence-corrected chi connectivity index (χ0v) is 10.7. The molecule has 1 saturated heterocycles. The second-order valence-corrected chi connectivity index (χ2v) is 6.81. The maximum atomic E-state index is 11.3. The van der Waals surface area contributed by atoms with E-state index >= 15 is 0 Å². The molecule has 1 aromatic heterocycles. The van der Waals surface area contributed by atoms with Gasteiger partial charge in [-0.15, -0.1) is 0 Å². The minimum atomic E-state index is -2.90. The second-order valence-electron chi connectivity index (χ2n) is 3.79. The van der Waals surface area contributed by atoms with Gasteiger partial charge in [0, 0.05) is 0 Å². The van der Waals surface area contributed by atoms with E-state index in [9.17, 15) is 8.42 Å². The molecule has 2 heterocycles. The van der Waals surface area contributed by atoms with Gasteiger partial charge in [-0.25, -0.2) is 13.1 Å². The first kappa shape index (κ1) is 10.9. The standard InChI is InChI=1S/C8H12BrN3O2S/c1-5-7(9)8(10)12(11-5)6-2-3-15(13,14)4-6/h6H,2-4,10H2,1H3. The summed E-state index contributed by atoms with van der Waals surface area (Å²) in [6.07, 6.45) is 0.597. The molecule has 1 aromatic rings. The van der Waals surface area contributed by atoms with Crippen LogP contribution in [0.1, 0.15) is 18.2 Å². The minimum Gasteiger partial charge on any atom is -0.383 e. The first-order valence-corrected chi connectivity index (χ1v) is 7.22. The molecule has 0 amide bonds. The van der Waals surface area contributed by atoms with Crippen molar-refractivity contribution in [3.63, 3.8) is 0 Å². The molecule has 2 rings (SSSR count). The normalized spacial score (nSPS) is 24.5. The quantitative estimate of drug-likeness (QED) is 0.834. The Hall–Kier alpha value is -0.560. The minimum absolute atomic E-state index is 0.111. The molecule has 0 saturated carbocycles. The smallest absolute Gasteiger partial charge is 0.152 e. The molecular weight excluding hydrogens is 282 g/mol. The number of halogens is 1. The Morgan fingerprint density at radius 3 is 2.67 bits per heavy atom. The molecule has 1 aliphatic heterocycles. The van der Waals surface area contributed by atoms with Crippen molar-refractivity contribution in [2.45, 2.75) is 19.4 Å². The molecule has 0 aromatic carbocycles. The number of hydrogen-bond donors (Lipinski definition) is 1. The van der Waals surface area contributed by atoms with Crippen LogP contribution in [0.3, 0.4) is 0 Å². The molecule has 15 heavy (non-hydrogen) atoms. The lowest BCUT2D eigenvalue weighted by atomic mass is 10.3. The molecule has 1 unspecified atom stereocenters. The predicted octanol–water partition coefficient (Wildman–Crippen LogP) is 0.896. The fourth-order valence-corrected chi connectivity index (χ4v) is 3.74. The highest BCUT2D eigenvalue weighted by Crippen LogP contribution is 2.30. The van der Waals surface area contributed by atoms with Gasteiger partial charge in [0.1, 0.15) is 5.82 Å². The van der Waals surface area contributed by atoms with Crippen molar-refractivity contribution < 1.29 is 8.42 Å². The number of anilines is 1. The lowest BCUT2D eigenvalue weighted by Crippen LogP contribution is -2.14. The third-order valence-corrected chi connectivity index (χ3v) is 5.33. The van der Waals surface area contributed by atoms with Gasteiger partial charge in [-0.05, 0) is 29.3 Å². The van der Waals surface area contributed by atoms with E-state index in [2.05, 4.69) is 21.0 Å². The SMILES string of the molecule is Cc1nn(C2CCS(=O)(=O)C2)c(N)c1Br. The van der Waals surface area contributed by atoms with Crippen LogP contribution in [-0.4, -0.2) is 29.7 Å². The van der Waals surface area contributed by atoms with Gasteiger partial charge in [0.15, 0.2) is 9.84 Å². The Balaban J connectivity index is 2.36. The zero-order valence-electron chi connectivity index (χ0n) is 8.27. The van der Waals surface area contributed by atoms with Crippen LogP contribution >= 0.6 is 15.9 Å². The fraction of sp³-hybridized carbons (Fsp3) is 0.625. The molecule has 0 radical (unpaired) electrons. The molecule has 0 spiro atoms. The average Bonchev–Trinajstić information content (AvgIpc) is 2.62. The van der Waals surface area contributed by atoms with Crippen LogP contribution in [0.25, 0.3) is 0 Å². The molecule has 1 fully saturated rings. The molecule has 84 valence electrons. The molecular formula is C8H12BrN3O2S. The number of nitrogen functional groups attached to an aromatic ring is 1. The number of sulfone groups is 1. The van der Waals surface area contributed by atoms with E-state index in [1.54, 1.807) is 4.68 Å². The van der Waals surface area contributed by atoms with Gasteiger partial charge in [0.05, 0.1) is 27.7 Å². The van der Waals surface area contributed by atoms with Crippen LogP contribution < -0.4 is 5.73 Å². The molecule has 0 bridgehead atoms. The van der Waals surface area contributed by atoms with E-state index in [4.69, 9.17) is 5.73 Å². The van der Waals surface area contributed by atoms with Crippen LogP contribution in [-0.2, 0) is 9.84 Å². The second kappa shape index (κ2) is 3.48. The molecule has 1 aliphatic rings. The highest BCUT2D eigenvalue weighted by atomic mass is 79.9. The largest absolute Gasteiger partial charge is 0.383 e. The summed E-state index contributed by atoms with van der Waals surface area (Å²) in [5.41, 5.74) is 6.62. The van der Waals surface area contributed by atoms with Crippen molar-refractivity contribution in [1.29, 1.82) is 0 Å². The summed E-state index contributed by atoms with van der Waals surface area (Å²) in [6.45, 7) is 1.83. The molecule has 1 atom stereocenters. The number of hydrogen-bond acceptors (Lipinski definition) is 4. The van der Waals surface area contributed by atoms with Gasteiger partial charge >= 0.3 is 0 Å². The monoisotopic (exact) mass is 293 g/mol. The Morgan fingerprint density at radius 1 is 1.60 bits per heavy atom. The average molecular weight is 294 g/mol. The van der Waals surface area contributed by atoms with E-state index in [1.807, 2.05) is 6.92 Å². The van der Waals surface area contributed by atoms with Crippen molar-refractivity contribution in [2.75, 3.05) is 17.2 Å². The van der Waals surface area contributed by atoms with Crippen molar-refractivity contribution in [3.05, 3.63) is 10.2 Å². The van der Waals surface area contributed by atoms with Crippen molar-refractivity contribution in [2.24, 2.45) is 0 Å². The molecule has 2 N–H and O–H groups in total. The summed E-state index contributed by atoms with van der Waals surface area (Å²) in [4.78, 5) is 0. The Kier molecular flexibility index (Phi) is 2.54. The Morgan fingerprint density at radius 2 is 2.27 bits per heavy atom. The number of nitrogens with zero attached hydrogens (tertiary/aromatic N) is 2. The molecule has 5 nitrogen and oxygen atoms in total. The van der Waals surface area contributed by atoms with Gasteiger partial charge in [-0.1, -0.05) is 0 Å². The number of aromatic nitrogens is 2. The Bertz CT molecular complexity index is 494. The predicted molar refractivity (Wildman–Crippen MR) is 61.4 cm³/mol. The highest BCUT2D eigenvalue weighted by molar-refractivity contribution is 9.10. The highest BCUT2D eigenvalue weighted by Gasteiger charge is 2.31. The van der Waals surface area contributed by atoms with Gasteiger partial charge in [-0.3, -0.25) is 0 Å². The van der Waals surface area contributed by atoms with Crippen LogP contribution in [0.2, 0.25) is 0 Å². The summed E-state index contributed by atoms with van der Waals surface area (Å²) >= 11 is 3.32. The van der Waals surface area contributed by atoms with Crippen LogP contribution in [0.4, 0.5) is 5.82 Å². The number of nitrogens with two attached hydrogens (primary N) is 1. The van der Waals surface area contributed by atoms with E-state index in [1.165, 1.54) is 0 Å². The maximum Gasteiger partial charge on any atom is 0.152 e. The van der Waals surface area contributed by atoms with Crippen LogP contribution in [0.15, 0.2) is 4.47 Å². The fourth-order valence-electron chi connectivity index (χ4n) is 1.79. The van der Waals surface area contributed by atoms with Crippen LogP contribution in [0.5, 0.6) is 0 Å². The first-order chi connectivity index (χ1) is 6.91. The van der Waals surface area contributed by atoms with Crippen molar-refractivity contribution in [3.8, 4) is 0 Å². The van der Waals surface area contributed by atoms with E-state index in [0.717, 1.165) is 10.2 Å². The lowest BCUT2D eigenvalue weighted by Gasteiger charge is -2.09. The summed E-state index contributed by atoms with van der Waals surface area (Å²) in [6, 6.07) is -0.111. The van der Waals surface area contributed by atoms with E-state index < -0.39 is 9.84 Å².